The van der Waals surface area contributed by atoms with Crippen molar-refractivity contribution < 1.29 is 9.59 Å². The fourth-order valence-corrected chi connectivity index (χ4v) is 3.62. The molecule has 0 fully saturated rings. The summed E-state index contributed by atoms with van der Waals surface area (Å²) < 4.78 is 0. The Morgan fingerprint density at radius 2 is 1.67 bits per heavy atom. The number of ketones is 1. The standard InChI is InChI=1S/C22H26N2O3/c1-12(2)14-7-5-8-15(13(3)4)20(14)24-22(27)17-11-16-18(23-21(17)26)9-6-10-19(16)25/h5,7-8,11-13H,6,9-10H2,1-4H3,(H,23,26)(H,24,27). The third-order valence-electron chi connectivity index (χ3n) is 5.11. The van der Waals surface area contributed by atoms with Crippen LogP contribution in [-0.4, -0.2) is 16.7 Å². The van der Waals surface area contributed by atoms with E-state index in [0.29, 0.717) is 24.1 Å². The van der Waals surface area contributed by atoms with E-state index in [2.05, 4.69) is 38.0 Å². The Hall–Kier alpha value is -2.69. The number of carbonyl (C=O) groups is 2. The minimum absolute atomic E-state index is 0.0164. The fraction of sp³-hybridized carbons (Fsp3) is 0.409. The first-order valence-corrected chi connectivity index (χ1v) is 9.53. The van der Waals surface area contributed by atoms with Gasteiger partial charge in [-0.25, -0.2) is 0 Å². The van der Waals surface area contributed by atoms with E-state index in [9.17, 15) is 14.4 Å². The third kappa shape index (κ3) is 3.72. The number of aromatic nitrogens is 1. The highest BCUT2D eigenvalue weighted by atomic mass is 16.2. The van der Waals surface area contributed by atoms with Crippen LogP contribution >= 0.6 is 0 Å². The highest BCUT2D eigenvalue weighted by Gasteiger charge is 2.23. The van der Waals surface area contributed by atoms with Crippen LogP contribution < -0.4 is 10.9 Å². The third-order valence-corrected chi connectivity index (χ3v) is 5.11. The summed E-state index contributed by atoms with van der Waals surface area (Å²) in [7, 11) is 0. The van der Waals surface area contributed by atoms with E-state index < -0.39 is 11.5 Å². The van der Waals surface area contributed by atoms with Crippen molar-refractivity contribution >= 4 is 17.4 Å². The van der Waals surface area contributed by atoms with Gasteiger partial charge in [0.2, 0.25) is 0 Å². The van der Waals surface area contributed by atoms with Crippen molar-refractivity contribution in [1.29, 1.82) is 0 Å². The normalized spacial score (nSPS) is 13.8. The number of para-hydroxylation sites is 1. The minimum atomic E-state index is -0.479. The number of H-pyrrole nitrogens is 1. The number of Topliss-reactive ketones (excluding diaryl/α,β-unsaturated/α-hetero) is 1. The Kier molecular flexibility index (Phi) is 5.31. The average molecular weight is 366 g/mol. The molecule has 0 spiro atoms. The molecule has 0 saturated carbocycles. The monoisotopic (exact) mass is 366 g/mol. The first kappa shape index (κ1) is 19.1. The summed E-state index contributed by atoms with van der Waals surface area (Å²) in [5, 5.41) is 2.95. The minimum Gasteiger partial charge on any atom is -0.325 e. The molecule has 5 nitrogen and oxygen atoms in total. The number of hydrogen-bond acceptors (Lipinski definition) is 3. The lowest BCUT2D eigenvalue weighted by Crippen LogP contribution is -2.28. The summed E-state index contributed by atoms with van der Waals surface area (Å²) in [5.74, 6) is -0.0517. The molecule has 0 unspecified atom stereocenters. The first-order valence-electron chi connectivity index (χ1n) is 9.53. The van der Waals surface area contributed by atoms with Gasteiger partial charge in [0.25, 0.3) is 11.5 Å². The maximum atomic E-state index is 12.9. The number of anilines is 1. The van der Waals surface area contributed by atoms with Crippen molar-refractivity contribution in [3.63, 3.8) is 0 Å². The van der Waals surface area contributed by atoms with Gasteiger partial charge in [-0.15, -0.1) is 0 Å². The van der Waals surface area contributed by atoms with Gasteiger partial charge < -0.3 is 10.3 Å². The van der Waals surface area contributed by atoms with Gasteiger partial charge in [0.1, 0.15) is 5.56 Å². The number of carbonyl (C=O) groups excluding carboxylic acids is 2. The molecule has 1 heterocycles. The zero-order valence-corrected chi connectivity index (χ0v) is 16.3. The van der Waals surface area contributed by atoms with Gasteiger partial charge >= 0.3 is 0 Å². The van der Waals surface area contributed by atoms with E-state index in [-0.39, 0.29) is 23.2 Å². The van der Waals surface area contributed by atoms with Crippen molar-refractivity contribution in [2.24, 2.45) is 0 Å². The van der Waals surface area contributed by atoms with Crippen molar-refractivity contribution in [2.75, 3.05) is 5.32 Å². The molecule has 1 aliphatic carbocycles. The van der Waals surface area contributed by atoms with Crippen molar-refractivity contribution in [3.05, 3.63) is 62.6 Å². The number of benzene rings is 1. The molecule has 0 radical (unpaired) electrons. The number of nitrogens with one attached hydrogen (secondary N) is 2. The van der Waals surface area contributed by atoms with Crippen LogP contribution in [0.4, 0.5) is 5.69 Å². The number of hydrogen-bond donors (Lipinski definition) is 2. The molecule has 5 heteroatoms. The topological polar surface area (TPSA) is 79.0 Å². The van der Waals surface area contributed by atoms with Crippen LogP contribution in [0.5, 0.6) is 0 Å². The van der Waals surface area contributed by atoms with Gasteiger partial charge in [-0.05, 0) is 41.9 Å². The van der Waals surface area contributed by atoms with E-state index in [1.807, 2.05) is 18.2 Å². The number of rotatable bonds is 4. The Morgan fingerprint density at radius 1 is 1.04 bits per heavy atom. The van der Waals surface area contributed by atoms with E-state index in [1.165, 1.54) is 6.07 Å². The van der Waals surface area contributed by atoms with Crippen LogP contribution in [0.2, 0.25) is 0 Å². The summed E-state index contributed by atoms with van der Waals surface area (Å²) in [6.07, 6.45) is 1.84. The Bertz CT molecular complexity index is 928. The molecule has 0 bridgehead atoms. The van der Waals surface area contributed by atoms with E-state index in [4.69, 9.17) is 0 Å². The van der Waals surface area contributed by atoms with Crippen LogP contribution in [0.25, 0.3) is 0 Å². The maximum absolute atomic E-state index is 12.9. The molecule has 0 saturated heterocycles. The zero-order valence-electron chi connectivity index (χ0n) is 16.3. The lowest BCUT2D eigenvalue weighted by Gasteiger charge is -2.20. The van der Waals surface area contributed by atoms with Crippen molar-refractivity contribution in [3.8, 4) is 0 Å². The fourth-order valence-electron chi connectivity index (χ4n) is 3.62. The maximum Gasteiger partial charge on any atom is 0.261 e. The number of amides is 1. The predicted octanol–water partition coefficient (Wildman–Crippen LogP) is 4.39. The zero-order chi connectivity index (χ0) is 19.7. The van der Waals surface area contributed by atoms with Gasteiger partial charge in [0, 0.05) is 23.4 Å². The Balaban J connectivity index is 2.03. The van der Waals surface area contributed by atoms with Crippen LogP contribution in [0.3, 0.4) is 0 Å². The van der Waals surface area contributed by atoms with Gasteiger partial charge in [0.05, 0.1) is 0 Å². The highest BCUT2D eigenvalue weighted by Crippen LogP contribution is 2.32. The highest BCUT2D eigenvalue weighted by molar-refractivity contribution is 6.07. The lowest BCUT2D eigenvalue weighted by molar-refractivity contribution is 0.0971. The first-order chi connectivity index (χ1) is 12.8. The van der Waals surface area contributed by atoms with Crippen LogP contribution in [0.1, 0.15) is 89.9 Å². The largest absolute Gasteiger partial charge is 0.325 e. The summed E-state index contributed by atoms with van der Waals surface area (Å²) in [6.45, 7) is 8.28. The Labute approximate surface area is 159 Å². The van der Waals surface area contributed by atoms with E-state index in [0.717, 1.165) is 23.2 Å². The second-order valence-electron chi connectivity index (χ2n) is 7.76. The molecule has 1 amide bonds. The molecule has 1 aromatic heterocycles. The summed E-state index contributed by atoms with van der Waals surface area (Å²) in [4.78, 5) is 40.3. The molecular formula is C22H26N2O3. The second-order valence-corrected chi connectivity index (χ2v) is 7.76. The molecule has 2 N–H and O–H groups in total. The van der Waals surface area contributed by atoms with Gasteiger partial charge in [0.15, 0.2) is 5.78 Å². The van der Waals surface area contributed by atoms with Crippen LogP contribution in [-0.2, 0) is 6.42 Å². The van der Waals surface area contributed by atoms with E-state index in [1.54, 1.807) is 0 Å². The van der Waals surface area contributed by atoms with Gasteiger partial charge in [-0.2, -0.15) is 0 Å². The lowest BCUT2D eigenvalue weighted by atomic mass is 9.92. The molecule has 1 aliphatic rings. The predicted molar refractivity (Wildman–Crippen MR) is 107 cm³/mol. The van der Waals surface area contributed by atoms with Gasteiger partial charge in [-0.1, -0.05) is 45.9 Å². The van der Waals surface area contributed by atoms with Crippen molar-refractivity contribution in [1.82, 2.24) is 4.98 Å². The number of aromatic amines is 1. The number of pyridine rings is 1. The molecule has 2 aromatic rings. The smallest absolute Gasteiger partial charge is 0.261 e. The number of aryl methyl sites for hydroxylation is 1. The summed E-state index contributed by atoms with van der Waals surface area (Å²) >= 11 is 0. The van der Waals surface area contributed by atoms with E-state index >= 15 is 0 Å². The summed E-state index contributed by atoms with van der Waals surface area (Å²) in [6, 6.07) is 7.43. The van der Waals surface area contributed by atoms with Gasteiger partial charge in [-0.3, -0.25) is 14.4 Å². The molecule has 0 atom stereocenters. The molecular weight excluding hydrogens is 340 g/mol. The second kappa shape index (κ2) is 7.51. The van der Waals surface area contributed by atoms with Crippen molar-refractivity contribution in [2.45, 2.75) is 58.8 Å². The Morgan fingerprint density at radius 3 is 2.26 bits per heavy atom. The summed E-state index contributed by atoms with van der Waals surface area (Å²) in [5.41, 5.74) is 3.45. The number of fused-ring (bicyclic) bond motifs is 1. The molecule has 0 aliphatic heterocycles. The molecule has 3 rings (SSSR count). The average Bonchev–Trinajstić information content (AvgIpc) is 2.61. The molecule has 1 aromatic carbocycles. The SMILES string of the molecule is CC(C)c1cccc(C(C)C)c1NC(=O)c1cc2c([nH]c1=O)CCCC2=O. The van der Waals surface area contributed by atoms with Crippen LogP contribution in [0, 0.1) is 0 Å². The molecule has 142 valence electrons. The quantitative estimate of drug-likeness (QED) is 0.842. The molecule has 27 heavy (non-hydrogen) atoms. The van der Waals surface area contributed by atoms with Crippen LogP contribution in [0.15, 0.2) is 29.1 Å².